The van der Waals surface area contributed by atoms with E-state index in [9.17, 15) is 14.3 Å². The standard InChI is InChI=1S/C13H15ClFNO2/c14-11-2-1-10(15)7-9(11)8-13(12(17)18)3-5-16-6-4-13/h1-2,7,16H,3-6,8H2,(H,17,18). The molecule has 3 nitrogen and oxygen atoms in total. The van der Waals surface area contributed by atoms with E-state index in [0.29, 0.717) is 36.5 Å². The quantitative estimate of drug-likeness (QED) is 0.888. The molecule has 1 aromatic rings. The third-order valence-electron chi connectivity index (χ3n) is 3.55. The maximum absolute atomic E-state index is 13.2. The summed E-state index contributed by atoms with van der Waals surface area (Å²) < 4.78 is 13.2. The van der Waals surface area contributed by atoms with Gasteiger partial charge in [-0.1, -0.05) is 11.6 Å². The zero-order valence-electron chi connectivity index (χ0n) is 9.88. The predicted molar refractivity (Wildman–Crippen MR) is 67.3 cm³/mol. The van der Waals surface area contributed by atoms with Crippen LogP contribution in [0.5, 0.6) is 0 Å². The Morgan fingerprint density at radius 3 is 2.72 bits per heavy atom. The molecule has 0 amide bonds. The number of benzene rings is 1. The number of carbonyl (C=O) groups is 1. The van der Waals surface area contributed by atoms with Crippen LogP contribution in [0, 0.1) is 11.2 Å². The third kappa shape index (κ3) is 2.65. The molecule has 0 saturated carbocycles. The van der Waals surface area contributed by atoms with Crippen molar-refractivity contribution in [2.75, 3.05) is 13.1 Å². The Morgan fingerprint density at radius 1 is 1.44 bits per heavy atom. The second-order valence-corrected chi connectivity index (χ2v) is 5.16. The number of hydrogen-bond donors (Lipinski definition) is 2. The predicted octanol–water partition coefficient (Wildman–Crippen LogP) is 2.48. The number of carboxylic acids is 1. The largest absolute Gasteiger partial charge is 0.481 e. The molecule has 1 aliphatic heterocycles. The summed E-state index contributed by atoms with van der Waals surface area (Å²) in [4.78, 5) is 11.5. The SMILES string of the molecule is O=C(O)C1(Cc2cc(F)ccc2Cl)CCNCC1. The van der Waals surface area contributed by atoms with Crippen molar-refractivity contribution in [3.05, 3.63) is 34.6 Å². The maximum atomic E-state index is 13.2. The molecule has 1 fully saturated rings. The fraction of sp³-hybridized carbons (Fsp3) is 0.462. The molecular formula is C13H15ClFNO2. The van der Waals surface area contributed by atoms with Crippen LogP contribution in [0.15, 0.2) is 18.2 Å². The highest BCUT2D eigenvalue weighted by Crippen LogP contribution is 2.35. The fourth-order valence-corrected chi connectivity index (χ4v) is 2.60. The van der Waals surface area contributed by atoms with Gasteiger partial charge in [-0.25, -0.2) is 4.39 Å². The first kappa shape index (κ1) is 13.3. The summed E-state index contributed by atoms with van der Waals surface area (Å²) in [5, 5.41) is 13.0. The molecule has 18 heavy (non-hydrogen) atoms. The average Bonchev–Trinajstić information content (AvgIpc) is 2.35. The molecule has 0 bridgehead atoms. The summed E-state index contributed by atoms with van der Waals surface area (Å²) in [6.07, 6.45) is 1.35. The van der Waals surface area contributed by atoms with Crippen molar-refractivity contribution in [2.45, 2.75) is 19.3 Å². The number of hydrogen-bond acceptors (Lipinski definition) is 2. The minimum absolute atomic E-state index is 0.278. The van der Waals surface area contributed by atoms with E-state index < -0.39 is 11.4 Å². The molecule has 1 saturated heterocycles. The highest BCUT2D eigenvalue weighted by Gasteiger charge is 2.40. The molecule has 0 unspecified atom stereocenters. The van der Waals surface area contributed by atoms with E-state index in [4.69, 9.17) is 11.6 Å². The minimum atomic E-state index is -0.831. The number of halogens is 2. The lowest BCUT2D eigenvalue weighted by molar-refractivity contribution is -0.150. The normalized spacial score (nSPS) is 18.6. The van der Waals surface area contributed by atoms with Crippen LogP contribution in [0.2, 0.25) is 5.02 Å². The van der Waals surface area contributed by atoms with Crippen molar-refractivity contribution in [1.82, 2.24) is 5.32 Å². The van der Waals surface area contributed by atoms with Crippen LogP contribution in [-0.4, -0.2) is 24.2 Å². The number of piperidine rings is 1. The van der Waals surface area contributed by atoms with Gasteiger partial charge in [0.2, 0.25) is 0 Å². The maximum Gasteiger partial charge on any atom is 0.310 e. The average molecular weight is 272 g/mol. The lowest BCUT2D eigenvalue weighted by Gasteiger charge is -2.34. The molecule has 0 spiro atoms. The zero-order chi connectivity index (χ0) is 13.2. The molecule has 1 heterocycles. The Morgan fingerprint density at radius 2 is 2.11 bits per heavy atom. The van der Waals surface area contributed by atoms with E-state index in [1.165, 1.54) is 18.2 Å². The van der Waals surface area contributed by atoms with E-state index >= 15 is 0 Å². The summed E-state index contributed by atoms with van der Waals surface area (Å²) in [6, 6.07) is 4.08. The first-order chi connectivity index (χ1) is 8.53. The van der Waals surface area contributed by atoms with Gasteiger partial charge in [0.05, 0.1) is 5.41 Å². The topological polar surface area (TPSA) is 49.3 Å². The molecule has 2 rings (SSSR count). The van der Waals surface area contributed by atoms with Gasteiger partial charge in [0.15, 0.2) is 0 Å². The van der Waals surface area contributed by atoms with Crippen LogP contribution in [0.25, 0.3) is 0 Å². The highest BCUT2D eigenvalue weighted by molar-refractivity contribution is 6.31. The number of nitrogens with one attached hydrogen (secondary N) is 1. The molecule has 0 aromatic heterocycles. The smallest absolute Gasteiger partial charge is 0.310 e. The molecule has 2 N–H and O–H groups in total. The monoisotopic (exact) mass is 271 g/mol. The zero-order valence-corrected chi connectivity index (χ0v) is 10.6. The summed E-state index contributed by atoms with van der Waals surface area (Å²) >= 11 is 6.01. The van der Waals surface area contributed by atoms with Gasteiger partial charge in [-0.2, -0.15) is 0 Å². The van der Waals surface area contributed by atoms with Gasteiger partial charge >= 0.3 is 5.97 Å². The van der Waals surface area contributed by atoms with Crippen LogP contribution in [0.4, 0.5) is 4.39 Å². The van der Waals surface area contributed by atoms with Crippen LogP contribution in [-0.2, 0) is 11.2 Å². The Labute approximate surface area is 110 Å². The molecule has 5 heteroatoms. The highest BCUT2D eigenvalue weighted by atomic mass is 35.5. The van der Waals surface area contributed by atoms with Crippen molar-refractivity contribution >= 4 is 17.6 Å². The minimum Gasteiger partial charge on any atom is -0.481 e. The van der Waals surface area contributed by atoms with Gasteiger partial charge in [0, 0.05) is 5.02 Å². The number of rotatable bonds is 3. The molecule has 1 aliphatic rings. The fourth-order valence-electron chi connectivity index (χ4n) is 2.41. The van der Waals surface area contributed by atoms with Crippen molar-refractivity contribution in [3.8, 4) is 0 Å². The number of aliphatic carboxylic acids is 1. The van der Waals surface area contributed by atoms with Gasteiger partial charge in [0.25, 0.3) is 0 Å². The van der Waals surface area contributed by atoms with Crippen molar-refractivity contribution < 1.29 is 14.3 Å². The van der Waals surface area contributed by atoms with Gasteiger partial charge in [-0.3, -0.25) is 4.79 Å². The first-order valence-electron chi connectivity index (χ1n) is 5.92. The van der Waals surface area contributed by atoms with Crippen LogP contribution in [0.1, 0.15) is 18.4 Å². The van der Waals surface area contributed by atoms with E-state index in [-0.39, 0.29) is 12.2 Å². The molecular weight excluding hydrogens is 257 g/mol. The van der Waals surface area contributed by atoms with Crippen molar-refractivity contribution in [2.24, 2.45) is 5.41 Å². The van der Waals surface area contributed by atoms with Gasteiger partial charge in [0.1, 0.15) is 5.82 Å². The summed E-state index contributed by atoms with van der Waals surface area (Å²) in [6.45, 7) is 1.33. The summed E-state index contributed by atoms with van der Waals surface area (Å²) in [5.41, 5.74) is -0.260. The third-order valence-corrected chi connectivity index (χ3v) is 3.92. The van der Waals surface area contributed by atoms with E-state index in [1.807, 2.05) is 0 Å². The second kappa shape index (κ2) is 5.24. The van der Waals surface area contributed by atoms with Crippen LogP contribution >= 0.6 is 11.6 Å². The van der Waals surface area contributed by atoms with Gasteiger partial charge in [-0.15, -0.1) is 0 Å². The van der Waals surface area contributed by atoms with Gasteiger partial charge in [-0.05, 0) is 56.1 Å². The lowest BCUT2D eigenvalue weighted by atomic mass is 9.74. The molecule has 0 radical (unpaired) electrons. The summed E-state index contributed by atoms with van der Waals surface area (Å²) in [7, 11) is 0. The molecule has 0 atom stereocenters. The second-order valence-electron chi connectivity index (χ2n) is 4.75. The molecule has 0 aliphatic carbocycles. The van der Waals surface area contributed by atoms with E-state index in [2.05, 4.69) is 5.32 Å². The molecule has 98 valence electrons. The van der Waals surface area contributed by atoms with Crippen LogP contribution < -0.4 is 5.32 Å². The van der Waals surface area contributed by atoms with E-state index in [0.717, 1.165) is 0 Å². The van der Waals surface area contributed by atoms with Crippen LogP contribution in [0.3, 0.4) is 0 Å². The Balaban J connectivity index is 2.28. The Kier molecular flexibility index (Phi) is 3.88. The summed E-state index contributed by atoms with van der Waals surface area (Å²) in [5.74, 6) is -1.21. The Bertz CT molecular complexity index is 458. The first-order valence-corrected chi connectivity index (χ1v) is 6.29. The van der Waals surface area contributed by atoms with Gasteiger partial charge < -0.3 is 10.4 Å². The lowest BCUT2D eigenvalue weighted by Crippen LogP contribution is -2.43. The van der Waals surface area contributed by atoms with Crippen molar-refractivity contribution in [3.63, 3.8) is 0 Å². The Hall–Kier alpha value is -1.13. The van der Waals surface area contributed by atoms with E-state index in [1.54, 1.807) is 0 Å². The molecule has 1 aromatic carbocycles. The van der Waals surface area contributed by atoms with Crippen molar-refractivity contribution in [1.29, 1.82) is 0 Å². The number of carboxylic acid groups (broad SMARTS) is 1.